The van der Waals surface area contributed by atoms with Crippen LogP contribution in [0.25, 0.3) is 0 Å². The van der Waals surface area contributed by atoms with Gasteiger partial charge in [-0.05, 0) is 28.1 Å². The molecule has 0 aliphatic rings. The third-order valence-corrected chi connectivity index (χ3v) is 3.46. The van der Waals surface area contributed by atoms with Gasteiger partial charge in [-0.15, -0.1) is 0 Å². The molecule has 0 fully saturated rings. The SMILES string of the molecule is Clc1ccccc1Nc1ncc(Br)c(Nc2ccon2)n1. The molecule has 0 spiro atoms. The third-order valence-electron chi connectivity index (χ3n) is 2.55. The van der Waals surface area contributed by atoms with Crippen molar-refractivity contribution < 1.29 is 4.52 Å². The fraction of sp³-hybridized carbons (Fsp3) is 0. The van der Waals surface area contributed by atoms with Crippen LogP contribution in [0.5, 0.6) is 0 Å². The Balaban J connectivity index is 1.85. The molecule has 21 heavy (non-hydrogen) atoms. The monoisotopic (exact) mass is 365 g/mol. The van der Waals surface area contributed by atoms with Gasteiger partial charge in [0.05, 0.1) is 15.2 Å². The maximum absolute atomic E-state index is 6.09. The highest BCUT2D eigenvalue weighted by Gasteiger charge is 2.08. The van der Waals surface area contributed by atoms with Gasteiger partial charge in [0, 0.05) is 12.3 Å². The predicted octanol–water partition coefficient (Wildman–Crippen LogP) is 4.37. The van der Waals surface area contributed by atoms with Crippen LogP contribution in [0.15, 0.2) is 51.8 Å². The van der Waals surface area contributed by atoms with E-state index in [4.69, 9.17) is 16.1 Å². The summed E-state index contributed by atoms with van der Waals surface area (Å²) in [5.41, 5.74) is 0.730. The molecule has 0 bridgehead atoms. The van der Waals surface area contributed by atoms with Crippen molar-refractivity contribution in [2.45, 2.75) is 0 Å². The van der Waals surface area contributed by atoms with E-state index in [2.05, 4.69) is 41.7 Å². The number of rotatable bonds is 4. The molecule has 6 nitrogen and oxygen atoms in total. The number of hydrogen-bond acceptors (Lipinski definition) is 6. The molecule has 0 atom stereocenters. The summed E-state index contributed by atoms with van der Waals surface area (Å²) >= 11 is 9.47. The van der Waals surface area contributed by atoms with E-state index in [0.29, 0.717) is 27.1 Å². The van der Waals surface area contributed by atoms with Gasteiger partial charge in [-0.2, -0.15) is 4.98 Å². The van der Waals surface area contributed by atoms with Crippen LogP contribution in [0.1, 0.15) is 0 Å². The Labute approximate surface area is 133 Å². The molecule has 0 amide bonds. The molecular formula is C13H9BrClN5O. The van der Waals surface area contributed by atoms with Gasteiger partial charge in [-0.3, -0.25) is 0 Å². The first-order chi connectivity index (χ1) is 10.2. The summed E-state index contributed by atoms with van der Waals surface area (Å²) in [7, 11) is 0. The number of hydrogen-bond donors (Lipinski definition) is 2. The summed E-state index contributed by atoms with van der Waals surface area (Å²) in [5.74, 6) is 1.53. The number of nitrogens with one attached hydrogen (secondary N) is 2. The molecule has 3 aromatic rings. The molecule has 8 heteroatoms. The Kier molecular flexibility index (Phi) is 4.03. The number of aromatic nitrogens is 3. The first-order valence-electron chi connectivity index (χ1n) is 5.94. The predicted molar refractivity (Wildman–Crippen MR) is 84.3 cm³/mol. The molecule has 106 valence electrons. The first kappa shape index (κ1) is 13.8. The van der Waals surface area contributed by atoms with Gasteiger partial charge in [-0.1, -0.05) is 28.9 Å². The standard InChI is InChI=1S/C13H9BrClN5O/c14-8-7-16-13(17-10-4-2-1-3-9(10)15)19-12(8)18-11-5-6-21-20-11/h1-7H,(H2,16,17,18,19,20). The molecule has 0 unspecified atom stereocenters. The van der Waals surface area contributed by atoms with Gasteiger partial charge in [0.25, 0.3) is 0 Å². The average molecular weight is 367 g/mol. The quantitative estimate of drug-likeness (QED) is 0.714. The summed E-state index contributed by atoms with van der Waals surface area (Å²) in [5, 5.41) is 10.4. The molecule has 0 aliphatic heterocycles. The van der Waals surface area contributed by atoms with Crippen molar-refractivity contribution in [1.82, 2.24) is 15.1 Å². The molecular weight excluding hydrogens is 358 g/mol. The highest BCUT2D eigenvalue weighted by molar-refractivity contribution is 9.10. The maximum Gasteiger partial charge on any atom is 0.229 e. The van der Waals surface area contributed by atoms with Gasteiger partial charge in [0.1, 0.15) is 6.26 Å². The maximum atomic E-state index is 6.09. The molecule has 2 heterocycles. The van der Waals surface area contributed by atoms with E-state index in [-0.39, 0.29) is 0 Å². The normalized spacial score (nSPS) is 10.4. The number of nitrogens with zero attached hydrogens (tertiary/aromatic N) is 3. The number of benzene rings is 1. The second kappa shape index (κ2) is 6.11. The summed E-state index contributed by atoms with van der Waals surface area (Å²) in [6.07, 6.45) is 3.11. The van der Waals surface area contributed by atoms with E-state index < -0.39 is 0 Å². The summed E-state index contributed by atoms with van der Waals surface area (Å²) in [4.78, 5) is 8.56. The number of para-hydroxylation sites is 1. The molecule has 0 radical (unpaired) electrons. The van der Waals surface area contributed by atoms with Crippen LogP contribution in [0.2, 0.25) is 5.02 Å². The zero-order valence-corrected chi connectivity index (χ0v) is 12.9. The van der Waals surface area contributed by atoms with Crippen molar-refractivity contribution in [1.29, 1.82) is 0 Å². The van der Waals surface area contributed by atoms with Gasteiger partial charge in [0.15, 0.2) is 11.6 Å². The largest absolute Gasteiger partial charge is 0.363 e. The molecule has 0 aliphatic carbocycles. The van der Waals surface area contributed by atoms with Crippen molar-refractivity contribution in [3.05, 3.63) is 52.3 Å². The second-order valence-corrected chi connectivity index (χ2v) is 5.27. The van der Waals surface area contributed by atoms with Crippen LogP contribution in [0, 0.1) is 0 Å². The fourth-order valence-electron chi connectivity index (χ4n) is 1.60. The minimum atomic E-state index is 0.414. The van der Waals surface area contributed by atoms with Gasteiger partial charge < -0.3 is 15.2 Å². The molecule has 0 saturated carbocycles. The molecule has 2 N–H and O–H groups in total. The zero-order chi connectivity index (χ0) is 14.7. The third kappa shape index (κ3) is 3.32. The number of anilines is 4. The topological polar surface area (TPSA) is 75.9 Å². The van der Waals surface area contributed by atoms with Gasteiger partial charge >= 0.3 is 0 Å². The lowest BCUT2D eigenvalue weighted by Crippen LogP contribution is -2.02. The van der Waals surface area contributed by atoms with Crippen LogP contribution >= 0.6 is 27.5 Å². The number of halogens is 2. The van der Waals surface area contributed by atoms with Crippen molar-refractivity contribution in [2.75, 3.05) is 10.6 Å². The van der Waals surface area contributed by atoms with Crippen molar-refractivity contribution in [3.8, 4) is 0 Å². The Morgan fingerprint density at radius 3 is 2.76 bits per heavy atom. The van der Waals surface area contributed by atoms with Crippen molar-refractivity contribution in [3.63, 3.8) is 0 Å². The Hall–Kier alpha value is -2.12. The van der Waals surface area contributed by atoms with Crippen molar-refractivity contribution >= 4 is 50.8 Å². The van der Waals surface area contributed by atoms with Gasteiger partial charge in [0.2, 0.25) is 5.95 Å². The lowest BCUT2D eigenvalue weighted by Gasteiger charge is -2.09. The van der Waals surface area contributed by atoms with Crippen LogP contribution in [-0.2, 0) is 0 Å². The molecule has 2 aromatic heterocycles. The summed E-state index contributed by atoms with van der Waals surface area (Å²) in [6.45, 7) is 0. The van der Waals surface area contributed by atoms with Crippen molar-refractivity contribution in [2.24, 2.45) is 0 Å². The summed E-state index contributed by atoms with van der Waals surface area (Å²) < 4.78 is 5.47. The summed E-state index contributed by atoms with van der Waals surface area (Å²) in [6, 6.07) is 9.06. The van der Waals surface area contributed by atoms with Crippen LogP contribution < -0.4 is 10.6 Å². The van der Waals surface area contributed by atoms with Crippen LogP contribution in [0.4, 0.5) is 23.3 Å². The van der Waals surface area contributed by atoms with E-state index in [0.717, 1.165) is 5.69 Å². The minimum absolute atomic E-state index is 0.414. The Morgan fingerprint density at radius 1 is 1.14 bits per heavy atom. The highest BCUT2D eigenvalue weighted by atomic mass is 79.9. The average Bonchev–Trinajstić information content (AvgIpc) is 2.98. The Morgan fingerprint density at radius 2 is 2.00 bits per heavy atom. The first-order valence-corrected chi connectivity index (χ1v) is 7.11. The zero-order valence-electron chi connectivity index (χ0n) is 10.5. The minimum Gasteiger partial charge on any atom is -0.363 e. The Bertz CT molecular complexity index is 750. The fourth-order valence-corrected chi connectivity index (χ4v) is 2.07. The van der Waals surface area contributed by atoms with E-state index in [1.54, 1.807) is 18.3 Å². The van der Waals surface area contributed by atoms with E-state index in [9.17, 15) is 0 Å². The second-order valence-electron chi connectivity index (χ2n) is 4.00. The van der Waals surface area contributed by atoms with Gasteiger partial charge in [-0.25, -0.2) is 4.98 Å². The lowest BCUT2D eigenvalue weighted by molar-refractivity contribution is 0.423. The molecule has 1 aromatic carbocycles. The van der Waals surface area contributed by atoms with E-state index in [1.165, 1.54) is 6.26 Å². The van der Waals surface area contributed by atoms with E-state index in [1.807, 2.05) is 18.2 Å². The molecule has 0 saturated heterocycles. The van der Waals surface area contributed by atoms with E-state index >= 15 is 0 Å². The molecule has 3 rings (SSSR count). The van der Waals surface area contributed by atoms with Crippen LogP contribution in [0.3, 0.4) is 0 Å². The lowest BCUT2D eigenvalue weighted by atomic mass is 10.3. The van der Waals surface area contributed by atoms with Crippen LogP contribution in [-0.4, -0.2) is 15.1 Å². The highest BCUT2D eigenvalue weighted by Crippen LogP contribution is 2.27. The smallest absolute Gasteiger partial charge is 0.229 e.